The standard InChI is InChI=1S/C19H15N5O2S/c1-2-12-6-7-16-17(10-12)27-19(20-16)21-18-9-8-15(22-23-18)13-4-3-5-14(11-13)24(25)26/h3-11H,2H2,1H3,(H,20,21,23). The van der Waals surface area contributed by atoms with Crippen molar-refractivity contribution in [2.24, 2.45) is 0 Å². The van der Waals surface area contributed by atoms with Crippen molar-refractivity contribution in [3.05, 3.63) is 70.3 Å². The lowest BCUT2D eigenvalue weighted by Gasteiger charge is -2.03. The topological polar surface area (TPSA) is 93.8 Å². The van der Waals surface area contributed by atoms with E-state index < -0.39 is 4.92 Å². The summed E-state index contributed by atoms with van der Waals surface area (Å²) in [6.07, 6.45) is 0.987. The van der Waals surface area contributed by atoms with E-state index in [1.807, 2.05) is 6.07 Å². The number of aromatic nitrogens is 3. The normalized spacial score (nSPS) is 10.9. The Kier molecular flexibility index (Phi) is 4.47. The zero-order valence-electron chi connectivity index (χ0n) is 14.4. The minimum Gasteiger partial charge on any atom is -0.315 e. The Balaban J connectivity index is 1.56. The maximum atomic E-state index is 10.9. The van der Waals surface area contributed by atoms with Crippen molar-refractivity contribution in [3.8, 4) is 11.3 Å². The molecule has 0 aliphatic heterocycles. The summed E-state index contributed by atoms with van der Waals surface area (Å²) in [5.41, 5.74) is 3.47. The molecule has 1 N–H and O–H groups in total. The van der Waals surface area contributed by atoms with Crippen LogP contribution in [0.4, 0.5) is 16.6 Å². The molecular formula is C19H15N5O2S. The molecule has 7 nitrogen and oxygen atoms in total. The van der Waals surface area contributed by atoms with Gasteiger partial charge in [-0.2, -0.15) is 0 Å². The van der Waals surface area contributed by atoms with E-state index in [-0.39, 0.29) is 5.69 Å². The summed E-state index contributed by atoms with van der Waals surface area (Å²) >= 11 is 1.56. The van der Waals surface area contributed by atoms with Crippen LogP contribution >= 0.6 is 11.3 Å². The van der Waals surface area contributed by atoms with Crippen molar-refractivity contribution in [3.63, 3.8) is 0 Å². The van der Waals surface area contributed by atoms with Crippen LogP contribution in [0.25, 0.3) is 21.5 Å². The predicted octanol–water partition coefficient (Wildman–Crippen LogP) is 4.97. The summed E-state index contributed by atoms with van der Waals surface area (Å²) < 4.78 is 1.12. The van der Waals surface area contributed by atoms with Gasteiger partial charge in [0.15, 0.2) is 10.9 Å². The van der Waals surface area contributed by atoms with Gasteiger partial charge in [0, 0.05) is 17.7 Å². The monoisotopic (exact) mass is 377 g/mol. The number of anilines is 2. The number of thiazole rings is 1. The van der Waals surface area contributed by atoms with E-state index in [4.69, 9.17) is 0 Å². The Morgan fingerprint density at radius 2 is 2.00 bits per heavy atom. The molecule has 0 amide bonds. The molecule has 2 aromatic heterocycles. The van der Waals surface area contributed by atoms with Gasteiger partial charge in [-0.05, 0) is 36.2 Å². The number of hydrogen-bond donors (Lipinski definition) is 1. The van der Waals surface area contributed by atoms with Crippen LogP contribution in [0.1, 0.15) is 12.5 Å². The lowest BCUT2D eigenvalue weighted by Crippen LogP contribution is -1.96. The van der Waals surface area contributed by atoms with Crippen LogP contribution in [0.2, 0.25) is 0 Å². The molecule has 4 rings (SSSR count). The van der Waals surface area contributed by atoms with E-state index in [0.29, 0.717) is 17.1 Å². The first-order valence-corrected chi connectivity index (χ1v) is 9.19. The van der Waals surface area contributed by atoms with Crippen LogP contribution in [0.15, 0.2) is 54.6 Å². The van der Waals surface area contributed by atoms with Crippen molar-refractivity contribution in [2.45, 2.75) is 13.3 Å². The number of nitrogens with zero attached hydrogens (tertiary/aromatic N) is 4. The molecule has 0 fully saturated rings. The minimum atomic E-state index is -0.427. The third-order valence-corrected chi connectivity index (χ3v) is 5.05. The zero-order valence-corrected chi connectivity index (χ0v) is 15.2. The fourth-order valence-electron chi connectivity index (χ4n) is 2.68. The van der Waals surface area contributed by atoms with Gasteiger partial charge in [-0.3, -0.25) is 10.1 Å². The second-order valence-corrected chi connectivity index (χ2v) is 6.94. The molecule has 0 saturated carbocycles. The number of aryl methyl sites for hydroxylation is 1. The molecule has 8 heteroatoms. The molecule has 2 heterocycles. The van der Waals surface area contributed by atoms with Crippen molar-refractivity contribution in [1.82, 2.24) is 15.2 Å². The molecule has 0 unspecified atom stereocenters. The van der Waals surface area contributed by atoms with Crippen LogP contribution in [-0.4, -0.2) is 20.1 Å². The number of benzene rings is 2. The third-order valence-electron chi connectivity index (χ3n) is 4.11. The van der Waals surface area contributed by atoms with E-state index in [2.05, 4.69) is 39.6 Å². The number of fused-ring (bicyclic) bond motifs is 1. The van der Waals surface area contributed by atoms with E-state index in [1.165, 1.54) is 17.7 Å². The molecule has 2 aromatic carbocycles. The van der Waals surface area contributed by atoms with Crippen molar-refractivity contribution < 1.29 is 4.92 Å². The molecule has 134 valence electrons. The van der Waals surface area contributed by atoms with Gasteiger partial charge < -0.3 is 5.32 Å². The first kappa shape index (κ1) is 17.0. The Bertz CT molecular complexity index is 1120. The fourth-order valence-corrected chi connectivity index (χ4v) is 3.62. The molecule has 0 bridgehead atoms. The number of hydrogen-bond acceptors (Lipinski definition) is 7. The van der Waals surface area contributed by atoms with Gasteiger partial charge in [-0.25, -0.2) is 4.98 Å². The molecular weight excluding hydrogens is 362 g/mol. The number of nitro benzene ring substituents is 1. The Labute approximate surface area is 158 Å². The van der Waals surface area contributed by atoms with E-state index in [1.54, 1.807) is 35.6 Å². The largest absolute Gasteiger partial charge is 0.315 e. The molecule has 0 spiro atoms. The first-order chi connectivity index (χ1) is 13.1. The van der Waals surface area contributed by atoms with Gasteiger partial charge >= 0.3 is 0 Å². The number of rotatable bonds is 5. The Hall–Kier alpha value is -3.39. The third kappa shape index (κ3) is 3.61. The lowest BCUT2D eigenvalue weighted by molar-refractivity contribution is -0.384. The Morgan fingerprint density at radius 3 is 2.74 bits per heavy atom. The van der Waals surface area contributed by atoms with E-state index in [0.717, 1.165) is 21.8 Å². The average molecular weight is 377 g/mol. The summed E-state index contributed by atoms with van der Waals surface area (Å²) in [6, 6.07) is 16.1. The summed E-state index contributed by atoms with van der Waals surface area (Å²) in [5, 5.41) is 23.2. The molecule has 0 aliphatic rings. The second kappa shape index (κ2) is 7.08. The highest BCUT2D eigenvalue weighted by Crippen LogP contribution is 2.29. The summed E-state index contributed by atoms with van der Waals surface area (Å²) in [5.74, 6) is 0.568. The summed E-state index contributed by atoms with van der Waals surface area (Å²) in [6.45, 7) is 2.12. The maximum Gasteiger partial charge on any atom is 0.270 e. The van der Waals surface area contributed by atoms with Crippen molar-refractivity contribution in [1.29, 1.82) is 0 Å². The molecule has 0 aliphatic carbocycles. The smallest absolute Gasteiger partial charge is 0.270 e. The van der Waals surface area contributed by atoms with Crippen molar-refractivity contribution >= 4 is 38.2 Å². The molecule has 27 heavy (non-hydrogen) atoms. The molecule has 4 aromatic rings. The molecule has 0 saturated heterocycles. The summed E-state index contributed by atoms with van der Waals surface area (Å²) in [7, 11) is 0. The van der Waals surface area contributed by atoms with Gasteiger partial charge in [-0.1, -0.05) is 36.5 Å². The highest BCUT2D eigenvalue weighted by molar-refractivity contribution is 7.22. The van der Waals surface area contributed by atoms with Crippen LogP contribution in [0, 0.1) is 10.1 Å². The van der Waals surface area contributed by atoms with Gasteiger partial charge in [0.1, 0.15) is 0 Å². The number of nitrogens with one attached hydrogen (secondary N) is 1. The Morgan fingerprint density at radius 1 is 1.11 bits per heavy atom. The number of nitro groups is 1. The average Bonchev–Trinajstić information content (AvgIpc) is 3.10. The highest BCUT2D eigenvalue weighted by atomic mass is 32.1. The van der Waals surface area contributed by atoms with Crippen molar-refractivity contribution in [2.75, 3.05) is 5.32 Å². The van der Waals surface area contributed by atoms with Crippen LogP contribution in [0.5, 0.6) is 0 Å². The maximum absolute atomic E-state index is 10.9. The van der Waals surface area contributed by atoms with Gasteiger partial charge in [0.05, 0.1) is 20.8 Å². The van der Waals surface area contributed by atoms with Gasteiger partial charge in [0.25, 0.3) is 5.69 Å². The van der Waals surface area contributed by atoms with Gasteiger partial charge in [-0.15, -0.1) is 10.2 Å². The second-order valence-electron chi connectivity index (χ2n) is 5.91. The first-order valence-electron chi connectivity index (χ1n) is 8.37. The molecule has 0 radical (unpaired) electrons. The van der Waals surface area contributed by atoms with E-state index >= 15 is 0 Å². The summed E-state index contributed by atoms with van der Waals surface area (Å²) in [4.78, 5) is 15.0. The zero-order chi connectivity index (χ0) is 18.8. The van der Waals surface area contributed by atoms with Crippen LogP contribution in [-0.2, 0) is 6.42 Å². The quantitative estimate of drug-likeness (QED) is 0.390. The fraction of sp³-hybridized carbons (Fsp3) is 0.105. The van der Waals surface area contributed by atoms with Crippen LogP contribution in [0.3, 0.4) is 0 Å². The predicted molar refractivity (Wildman–Crippen MR) is 106 cm³/mol. The lowest BCUT2D eigenvalue weighted by atomic mass is 10.1. The van der Waals surface area contributed by atoms with Crippen LogP contribution < -0.4 is 5.32 Å². The number of non-ortho nitro benzene ring substituents is 1. The SMILES string of the molecule is CCc1ccc2nc(Nc3ccc(-c4cccc([N+](=O)[O-])c4)nn3)sc2c1. The molecule has 0 atom stereocenters. The highest BCUT2D eigenvalue weighted by Gasteiger charge is 2.09. The minimum absolute atomic E-state index is 0.0254. The van der Waals surface area contributed by atoms with Gasteiger partial charge in [0.2, 0.25) is 0 Å². The van der Waals surface area contributed by atoms with E-state index in [9.17, 15) is 10.1 Å².